The van der Waals surface area contributed by atoms with Crippen molar-refractivity contribution in [3.8, 4) is 0 Å². The van der Waals surface area contributed by atoms with Gasteiger partial charge in [-0.3, -0.25) is 0 Å². The van der Waals surface area contributed by atoms with Gasteiger partial charge in [0.1, 0.15) is 7.14 Å². The van der Waals surface area contributed by atoms with E-state index in [0.29, 0.717) is 0 Å². The van der Waals surface area contributed by atoms with Crippen LogP contribution in [-0.2, 0) is 9.13 Å². The van der Waals surface area contributed by atoms with E-state index in [4.69, 9.17) is 0 Å². The van der Waals surface area contributed by atoms with Crippen LogP contribution in [0.1, 0.15) is 6.42 Å². The lowest BCUT2D eigenvalue weighted by atomic mass is 10.5. The summed E-state index contributed by atoms with van der Waals surface area (Å²) in [5.74, 6) is 1.85. The maximum atomic E-state index is 11.0. The summed E-state index contributed by atoms with van der Waals surface area (Å²) >= 11 is 0. The number of allylic oxidation sites excluding steroid dienone is 3. The highest BCUT2D eigenvalue weighted by Crippen LogP contribution is 2.47. The fourth-order valence-electron chi connectivity index (χ4n) is 1.37. The first-order valence-electron chi connectivity index (χ1n) is 4.86. The van der Waals surface area contributed by atoms with Gasteiger partial charge in [-0.25, -0.2) is 0 Å². The van der Waals surface area contributed by atoms with Crippen molar-refractivity contribution in [2.24, 2.45) is 0 Å². The molecule has 2 rings (SSSR count). The Morgan fingerprint density at radius 3 is 1.71 bits per heavy atom. The minimum atomic E-state index is -1.72. The van der Waals surface area contributed by atoms with Crippen LogP contribution in [0, 0.1) is 0 Å². The standard InChI is InChI=1S/2C5H9OP/c2*1-7(6)4-2-3-5-7/h2,4H,3,5H2,1H3;2-3H,4-5H2,1H3. The van der Waals surface area contributed by atoms with Crippen molar-refractivity contribution in [1.82, 2.24) is 0 Å². The van der Waals surface area contributed by atoms with E-state index in [1.165, 1.54) is 0 Å². The Labute approximate surface area is 86.2 Å². The molecule has 0 saturated carbocycles. The lowest BCUT2D eigenvalue weighted by Gasteiger charge is -1.97. The van der Waals surface area contributed by atoms with Gasteiger partial charge >= 0.3 is 0 Å². The van der Waals surface area contributed by atoms with E-state index in [0.717, 1.165) is 24.9 Å². The summed E-state index contributed by atoms with van der Waals surface area (Å²) in [6.07, 6.45) is 9.57. The van der Waals surface area contributed by atoms with E-state index in [1.807, 2.05) is 37.4 Å². The Kier molecular flexibility index (Phi) is 3.98. The minimum Gasteiger partial charge on any atom is -0.323 e. The molecule has 0 N–H and O–H groups in total. The molecule has 1 atom stereocenters. The molecule has 2 nitrogen and oxygen atoms in total. The second kappa shape index (κ2) is 4.64. The van der Waals surface area contributed by atoms with E-state index < -0.39 is 14.3 Å². The molecule has 0 bridgehead atoms. The first-order chi connectivity index (χ1) is 6.41. The van der Waals surface area contributed by atoms with Gasteiger partial charge in [0.2, 0.25) is 0 Å². The van der Waals surface area contributed by atoms with Crippen molar-refractivity contribution < 1.29 is 9.13 Å². The quantitative estimate of drug-likeness (QED) is 0.473. The van der Waals surface area contributed by atoms with E-state index in [-0.39, 0.29) is 0 Å². The molecular weight excluding hydrogens is 214 g/mol. The van der Waals surface area contributed by atoms with Crippen LogP contribution in [0.3, 0.4) is 0 Å². The maximum absolute atomic E-state index is 11.0. The molecule has 80 valence electrons. The molecule has 1 unspecified atom stereocenters. The zero-order valence-corrected chi connectivity index (χ0v) is 10.6. The van der Waals surface area contributed by atoms with Crippen molar-refractivity contribution in [3.05, 3.63) is 24.0 Å². The third-order valence-corrected chi connectivity index (χ3v) is 6.26. The normalized spacial score (nSPS) is 32.7. The fraction of sp³-hybridized carbons (Fsp3) is 0.600. The predicted molar refractivity (Wildman–Crippen MR) is 64.6 cm³/mol. The summed E-state index contributed by atoms with van der Waals surface area (Å²) in [5.41, 5.74) is 0. The average Bonchev–Trinajstić information content (AvgIpc) is 2.60. The Morgan fingerprint density at radius 2 is 1.57 bits per heavy atom. The van der Waals surface area contributed by atoms with Gasteiger partial charge in [0.05, 0.1) is 7.14 Å². The van der Waals surface area contributed by atoms with Crippen LogP contribution in [0.2, 0.25) is 0 Å². The molecule has 0 amide bonds. The highest BCUT2D eigenvalue weighted by Gasteiger charge is 2.14. The zero-order chi connectivity index (χ0) is 10.7. The van der Waals surface area contributed by atoms with Gasteiger partial charge in [0.15, 0.2) is 0 Å². The van der Waals surface area contributed by atoms with Crippen LogP contribution < -0.4 is 0 Å². The van der Waals surface area contributed by atoms with Gasteiger partial charge in [-0.2, -0.15) is 0 Å². The molecule has 0 spiro atoms. The van der Waals surface area contributed by atoms with Crippen LogP contribution >= 0.6 is 14.3 Å². The third kappa shape index (κ3) is 4.44. The van der Waals surface area contributed by atoms with Gasteiger partial charge in [-0.15, -0.1) is 0 Å². The number of rotatable bonds is 0. The van der Waals surface area contributed by atoms with Crippen LogP contribution in [0.15, 0.2) is 24.0 Å². The van der Waals surface area contributed by atoms with Gasteiger partial charge in [0.25, 0.3) is 0 Å². The molecule has 0 radical (unpaired) electrons. The molecule has 0 aliphatic carbocycles. The fourth-order valence-corrected chi connectivity index (χ4v) is 4.12. The van der Waals surface area contributed by atoms with Crippen molar-refractivity contribution >= 4 is 14.3 Å². The smallest absolute Gasteiger partial charge is 0.105 e. The lowest BCUT2D eigenvalue weighted by molar-refractivity contribution is 0.583. The van der Waals surface area contributed by atoms with Crippen LogP contribution in [0.5, 0.6) is 0 Å². The monoisotopic (exact) mass is 232 g/mol. The van der Waals surface area contributed by atoms with Crippen molar-refractivity contribution in [1.29, 1.82) is 0 Å². The summed E-state index contributed by atoms with van der Waals surface area (Å²) in [5, 5.41) is 0. The molecular formula is C10H18O2P2. The summed E-state index contributed by atoms with van der Waals surface area (Å²) in [4.78, 5) is 0. The van der Waals surface area contributed by atoms with E-state index >= 15 is 0 Å². The highest BCUT2D eigenvalue weighted by molar-refractivity contribution is 7.66. The molecule has 2 aliphatic rings. The summed E-state index contributed by atoms with van der Waals surface area (Å²) in [6.45, 7) is 3.68. The number of hydrogen-bond acceptors (Lipinski definition) is 2. The first-order valence-corrected chi connectivity index (χ1v) is 9.79. The van der Waals surface area contributed by atoms with Crippen LogP contribution in [-0.4, -0.2) is 31.8 Å². The van der Waals surface area contributed by atoms with Gasteiger partial charge in [-0.1, -0.05) is 18.2 Å². The largest absolute Gasteiger partial charge is 0.323 e. The number of hydrogen-bond donors (Lipinski definition) is 0. The van der Waals surface area contributed by atoms with Crippen molar-refractivity contribution in [2.75, 3.05) is 31.8 Å². The first kappa shape index (κ1) is 12.0. The van der Waals surface area contributed by atoms with E-state index in [1.54, 1.807) is 0 Å². The summed E-state index contributed by atoms with van der Waals surface area (Å²) in [7, 11) is -3.38. The van der Waals surface area contributed by atoms with Crippen molar-refractivity contribution in [3.63, 3.8) is 0 Å². The van der Waals surface area contributed by atoms with E-state index in [9.17, 15) is 9.13 Å². The maximum Gasteiger partial charge on any atom is 0.105 e. The molecule has 0 aromatic rings. The minimum absolute atomic E-state index is 0.826. The summed E-state index contributed by atoms with van der Waals surface area (Å²) in [6, 6.07) is 0. The molecule has 4 heteroatoms. The molecule has 0 aromatic heterocycles. The van der Waals surface area contributed by atoms with Crippen LogP contribution in [0.4, 0.5) is 0 Å². The highest BCUT2D eigenvalue weighted by atomic mass is 31.2. The van der Waals surface area contributed by atoms with Crippen LogP contribution in [0.25, 0.3) is 0 Å². The SMILES string of the molecule is CP1(=O)C=CCC1.CP1(=O)CC=CC1. The Hall–Kier alpha value is -0.0600. The average molecular weight is 232 g/mol. The molecule has 0 fully saturated rings. The Bertz CT molecular complexity index is 330. The Morgan fingerprint density at radius 1 is 1.00 bits per heavy atom. The molecule has 2 heterocycles. The molecule has 0 saturated heterocycles. The van der Waals surface area contributed by atoms with Gasteiger partial charge < -0.3 is 9.13 Å². The lowest BCUT2D eigenvalue weighted by Crippen LogP contribution is -1.77. The zero-order valence-electron chi connectivity index (χ0n) is 8.85. The van der Waals surface area contributed by atoms with E-state index in [2.05, 4.69) is 0 Å². The van der Waals surface area contributed by atoms with Crippen molar-refractivity contribution in [2.45, 2.75) is 6.42 Å². The summed E-state index contributed by atoms with van der Waals surface area (Å²) < 4.78 is 21.9. The Balaban J connectivity index is 0.000000140. The van der Waals surface area contributed by atoms with Gasteiger partial charge in [0, 0.05) is 18.5 Å². The predicted octanol–water partition coefficient (Wildman–Crippen LogP) is 3.45. The van der Waals surface area contributed by atoms with Gasteiger partial charge in [-0.05, 0) is 25.6 Å². The molecule has 0 aromatic carbocycles. The second-order valence-electron chi connectivity index (χ2n) is 4.20. The topological polar surface area (TPSA) is 34.1 Å². The molecule has 14 heavy (non-hydrogen) atoms. The molecule has 2 aliphatic heterocycles. The second-order valence-corrected chi connectivity index (χ2v) is 10.6. The third-order valence-electron chi connectivity index (χ3n) is 2.31.